The second kappa shape index (κ2) is 6.23. The van der Waals surface area contributed by atoms with Gasteiger partial charge < -0.3 is 0 Å². The molecule has 0 spiro atoms. The molecule has 2 atom stereocenters. The van der Waals surface area contributed by atoms with Crippen molar-refractivity contribution in [3.05, 3.63) is 28.8 Å². The Morgan fingerprint density at radius 3 is 1.91 bits per heavy atom. The summed E-state index contributed by atoms with van der Waals surface area (Å²) in [6.45, 7) is 0. The predicted octanol–water partition coefficient (Wildman–Crippen LogP) is 5.39. The zero-order chi connectivity index (χ0) is 17.5. The maximum atomic E-state index is 14.1. The van der Waals surface area contributed by atoms with E-state index >= 15 is 0 Å². The fourth-order valence-corrected chi connectivity index (χ4v) is 2.91. The van der Waals surface area contributed by atoms with Crippen LogP contribution in [0.3, 0.4) is 0 Å². The van der Waals surface area contributed by atoms with E-state index in [1.54, 1.807) is 0 Å². The van der Waals surface area contributed by atoms with E-state index in [0.717, 1.165) is 0 Å². The smallest absolute Gasteiger partial charge is 0.248 e. The Bertz CT molecular complexity index is 571. The van der Waals surface area contributed by atoms with Gasteiger partial charge in [-0.25, -0.2) is 8.60 Å². The van der Waals surface area contributed by atoms with Crippen molar-refractivity contribution >= 4 is 38.3 Å². The first kappa shape index (κ1) is 19.6. The Balaban J connectivity index is 3.62. The molecule has 2 unspecified atom stereocenters. The van der Waals surface area contributed by atoms with Crippen LogP contribution in [0.4, 0.5) is 35.1 Å². The molecule has 0 aliphatic heterocycles. The van der Waals surface area contributed by atoms with Crippen LogP contribution >= 0.6 is 27.5 Å². The summed E-state index contributed by atoms with van der Waals surface area (Å²) in [4.78, 5) is -6.13. The van der Waals surface area contributed by atoms with Crippen LogP contribution in [-0.4, -0.2) is 21.0 Å². The first-order valence-electron chi connectivity index (χ1n) is 5.04. The van der Waals surface area contributed by atoms with E-state index in [9.17, 15) is 39.3 Å². The molecule has 1 aromatic rings. The molecule has 126 valence electrons. The number of alkyl halides is 9. The van der Waals surface area contributed by atoms with Gasteiger partial charge in [-0.15, -0.1) is 0 Å². The van der Waals surface area contributed by atoms with E-state index in [1.807, 2.05) is 0 Å². The van der Waals surface area contributed by atoms with Crippen molar-refractivity contribution in [2.24, 2.45) is 0 Å². The van der Waals surface area contributed by atoms with Gasteiger partial charge in [0, 0.05) is 15.5 Å². The Hall–Kier alpha value is -0.420. The number of rotatable bonds is 4. The van der Waals surface area contributed by atoms with Gasteiger partial charge in [0.1, 0.15) is 10.8 Å². The summed E-state index contributed by atoms with van der Waals surface area (Å²) in [6, 6.07) is 0.768. The molecule has 1 aromatic carbocycles. The molecule has 0 fully saturated rings. The van der Waals surface area contributed by atoms with Crippen LogP contribution in [-0.2, 0) is 16.5 Å². The number of hydrogen-bond acceptors (Lipinski definition) is 1. The molecule has 22 heavy (non-hydrogen) atoms. The SMILES string of the molecule is O=S(c1cc(Cl)cc(C(F)(C(F)(F)F)C(F)(F)Br)c1)C(F)F. The lowest BCUT2D eigenvalue weighted by Gasteiger charge is -2.32. The van der Waals surface area contributed by atoms with Crippen LogP contribution in [0.25, 0.3) is 0 Å². The lowest BCUT2D eigenvalue weighted by molar-refractivity contribution is -0.282. The molecular weight excluding hydrogens is 436 g/mol. The minimum atomic E-state index is -6.10. The molecule has 0 bridgehead atoms. The molecule has 12 heteroatoms. The number of halogens is 10. The molecular formula is C10H4BrClF8OS. The third-order valence-corrected chi connectivity index (χ3v) is 4.23. The summed E-state index contributed by atoms with van der Waals surface area (Å²) in [5, 5.41) is -0.760. The van der Waals surface area contributed by atoms with E-state index in [4.69, 9.17) is 11.6 Å². The summed E-state index contributed by atoms with van der Waals surface area (Å²) >= 11 is 6.62. The van der Waals surface area contributed by atoms with Gasteiger partial charge in [0.05, 0.1) is 0 Å². The maximum Gasteiger partial charge on any atom is 0.433 e. The van der Waals surface area contributed by atoms with Crippen LogP contribution in [0.2, 0.25) is 5.02 Å². The molecule has 1 nitrogen and oxygen atoms in total. The van der Waals surface area contributed by atoms with Crippen LogP contribution in [0, 0.1) is 0 Å². The highest BCUT2D eigenvalue weighted by Crippen LogP contribution is 2.55. The second-order valence-corrected chi connectivity index (χ2v) is 6.74. The molecule has 1 rings (SSSR count). The van der Waals surface area contributed by atoms with Gasteiger partial charge in [-0.3, -0.25) is 0 Å². The van der Waals surface area contributed by atoms with E-state index in [-0.39, 0.29) is 12.1 Å². The first-order valence-corrected chi connectivity index (χ1v) is 7.42. The van der Waals surface area contributed by atoms with E-state index in [0.29, 0.717) is 6.07 Å². The van der Waals surface area contributed by atoms with Crippen molar-refractivity contribution < 1.29 is 39.3 Å². The zero-order valence-electron chi connectivity index (χ0n) is 9.91. The van der Waals surface area contributed by atoms with Crippen molar-refractivity contribution in [3.63, 3.8) is 0 Å². The number of hydrogen-bond donors (Lipinski definition) is 0. The molecule has 0 saturated carbocycles. The maximum absolute atomic E-state index is 14.1. The van der Waals surface area contributed by atoms with Gasteiger partial charge >= 0.3 is 22.4 Å². The predicted molar refractivity (Wildman–Crippen MR) is 66.6 cm³/mol. The molecule has 0 heterocycles. The van der Waals surface area contributed by atoms with Crippen molar-refractivity contribution in [3.8, 4) is 0 Å². The summed E-state index contributed by atoms with van der Waals surface area (Å²) in [5.41, 5.74) is -7.01. The van der Waals surface area contributed by atoms with Crippen LogP contribution in [0.15, 0.2) is 23.1 Å². The molecule has 0 aliphatic carbocycles. The van der Waals surface area contributed by atoms with Crippen molar-refractivity contribution in [1.82, 2.24) is 0 Å². The molecule has 0 aromatic heterocycles. The molecule has 0 radical (unpaired) electrons. The Labute approximate surface area is 134 Å². The van der Waals surface area contributed by atoms with Crippen LogP contribution in [0.5, 0.6) is 0 Å². The Morgan fingerprint density at radius 1 is 1.05 bits per heavy atom. The average molecular weight is 440 g/mol. The highest BCUT2D eigenvalue weighted by atomic mass is 79.9. The van der Waals surface area contributed by atoms with Gasteiger partial charge in [0.25, 0.3) is 0 Å². The highest BCUT2D eigenvalue weighted by Gasteiger charge is 2.71. The summed E-state index contributed by atoms with van der Waals surface area (Å²) in [5.74, 6) is -3.52. The Morgan fingerprint density at radius 2 is 1.55 bits per heavy atom. The van der Waals surface area contributed by atoms with Crippen molar-refractivity contribution in [2.45, 2.75) is 27.3 Å². The van der Waals surface area contributed by atoms with Gasteiger partial charge in [-0.2, -0.15) is 30.7 Å². The lowest BCUT2D eigenvalue weighted by atomic mass is 9.95. The fourth-order valence-electron chi connectivity index (χ4n) is 1.47. The van der Waals surface area contributed by atoms with Gasteiger partial charge in [0.15, 0.2) is 0 Å². The van der Waals surface area contributed by atoms with Gasteiger partial charge in [-0.1, -0.05) is 11.6 Å². The van der Waals surface area contributed by atoms with Crippen LogP contribution < -0.4 is 0 Å². The zero-order valence-corrected chi connectivity index (χ0v) is 13.1. The van der Waals surface area contributed by atoms with Crippen molar-refractivity contribution in [2.75, 3.05) is 0 Å². The van der Waals surface area contributed by atoms with Gasteiger partial charge in [-0.05, 0) is 34.1 Å². The standard InChI is InChI=1S/C10H4BrClF8OS/c11-9(16,17)8(15,10(18,19)20)4-1-5(12)3-6(2-4)22(21)7(13)14/h1-3,7H. The first-order chi connectivity index (χ1) is 9.71. The third-order valence-electron chi connectivity index (χ3n) is 2.44. The monoisotopic (exact) mass is 438 g/mol. The topological polar surface area (TPSA) is 17.1 Å². The highest BCUT2D eigenvalue weighted by molar-refractivity contribution is 9.10. The summed E-state index contributed by atoms with van der Waals surface area (Å²) < 4.78 is 114. The van der Waals surface area contributed by atoms with Crippen LogP contribution in [0.1, 0.15) is 5.56 Å². The largest absolute Gasteiger partial charge is 0.433 e. The molecule has 0 saturated heterocycles. The van der Waals surface area contributed by atoms with Gasteiger partial charge in [0.2, 0.25) is 0 Å². The summed E-state index contributed by atoms with van der Waals surface area (Å²) in [7, 11) is -3.16. The van der Waals surface area contributed by atoms with E-state index in [2.05, 4.69) is 0 Å². The lowest BCUT2D eigenvalue weighted by Crippen LogP contribution is -2.49. The molecule has 0 aliphatic rings. The Kier molecular flexibility index (Phi) is 5.56. The minimum absolute atomic E-state index is 0.0107. The van der Waals surface area contributed by atoms with Crippen molar-refractivity contribution in [1.29, 1.82) is 0 Å². The number of benzene rings is 1. The fraction of sp³-hybridized carbons (Fsp3) is 0.400. The third kappa shape index (κ3) is 3.56. The molecule has 0 amide bonds. The molecule has 0 N–H and O–H groups in total. The van der Waals surface area contributed by atoms with E-state index in [1.165, 1.54) is 15.9 Å². The second-order valence-electron chi connectivity index (χ2n) is 3.89. The normalized spacial score (nSPS) is 17.4. The quantitative estimate of drug-likeness (QED) is 0.454. The van der Waals surface area contributed by atoms with E-state index < -0.39 is 48.7 Å². The minimum Gasteiger partial charge on any atom is -0.248 e. The average Bonchev–Trinajstić information content (AvgIpc) is 2.33. The summed E-state index contributed by atoms with van der Waals surface area (Å²) in [6.07, 6.45) is -6.10.